The molecule has 0 aliphatic heterocycles. The Bertz CT molecular complexity index is 634. The van der Waals surface area contributed by atoms with E-state index in [0.29, 0.717) is 11.3 Å². The number of nitrogens with one attached hydrogen (secondary N) is 1. The molecule has 1 amide bonds. The van der Waals surface area contributed by atoms with Crippen LogP contribution in [0.2, 0.25) is 0 Å². The molecule has 1 heterocycles. The van der Waals surface area contributed by atoms with Gasteiger partial charge in [0, 0.05) is 24.1 Å². The Kier molecular flexibility index (Phi) is 3.41. The molecule has 0 radical (unpaired) electrons. The molecular weight excluding hydrogens is 256 g/mol. The summed E-state index contributed by atoms with van der Waals surface area (Å²) in [5.41, 5.74) is 2.00. The van der Waals surface area contributed by atoms with Gasteiger partial charge in [-0.1, -0.05) is 23.4 Å². The van der Waals surface area contributed by atoms with Gasteiger partial charge in [0.1, 0.15) is 11.5 Å². The first-order valence-electron chi connectivity index (χ1n) is 6.78. The number of phenolic OH excluding ortho intramolecular Hbond substituents is 1. The normalized spacial score (nSPS) is 13.8. The largest absolute Gasteiger partial charge is 0.508 e. The van der Waals surface area contributed by atoms with Gasteiger partial charge in [-0.25, -0.2) is 0 Å². The second kappa shape index (κ2) is 5.36. The first-order valence-corrected chi connectivity index (χ1v) is 6.78. The number of benzene rings is 1. The van der Waals surface area contributed by atoms with Crippen molar-refractivity contribution in [2.24, 2.45) is 0 Å². The van der Waals surface area contributed by atoms with E-state index in [-0.39, 0.29) is 18.2 Å². The Morgan fingerprint density at radius 3 is 2.95 bits per heavy atom. The van der Waals surface area contributed by atoms with Crippen molar-refractivity contribution in [1.29, 1.82) is 0 Å². The molecule has 104 valence electrons. The number of para-hydroxylation sites is 1. The molecule has 2 N–H and O–H groups in total. The Labute approximate surface area is 116 Å². The summed E-state index contributed by atoms with van der Waals surface area (Å²) in [5, 5.41) is 16.3. The minimum atomic E-state index is -0.250. The lowest BCUT2D eigenvalue weighted by Crippen LogP contribution is -2.24. The van der Waals surface area contributed by atoms with Crippen LogP contribution in [0.3, 0.4) is 0 Å². The molecule has 0 bridgehead atoms. The number of hydrogen-bond donors (Lipinski definition) is 2. The molecule has 0 saturated heterocycles. The van der Waals surface area contributed by atoms with Crippen molar-refractivity contribution in [3.05, 3.63) is 46.8 Å². The van der Waals surface area contributed by atoms with Crippen LogP contribution in [0.15, 0.2) is 28.8 Å². The van der Waals surface area contributed by atoms with Crippen molar-refractivity contribution >= 4 is 5.91 Å². The number of aryl methyl sites for hydroxylation is 1. The lowest BCUT2D eigenvalue weighted by atomic mass is 9.96. The van der Waals surface area contributed by atoms with E-state index >= 15 is 0 Å². The molecule has 5 heteroatoms. The van der Waals surface area contributed by atoms with E-state index < -0.39 is 0 Å². The average molecular weight is 272 g/mol. The second-order valence-electron chi connectivity index (χ2n) is 4.95. The zero-order chi connectivity index (χ0) is 13.9. The third kappa shape index (κ3) is 2.39. The van der Waals surface area contributed by atoms with Crippen molar-refractivity contribution in [2.75, 3.05) is 0 Å². The van der Waals surface area contributed by atoms with Gasteiger partial charge in [0.2, 0.25) is 0 Å². The van der Waals surface area contributed by atoms with Crippen molar-refractivity contribution in [1.82, 2.24) is 10.5 Å². The predicted octanol–water partition coefficient (Wildman–Crippen LogP) is 2.19. The molecule has 1 aliphatic rings. The van der Waals surface area contributed by atoms with E-state index in [9.17, 15) is 9.90 Å². The van der Waals surface area contributed by atoms with Crippen molar-refractivity contribution in [2.45, 2.75) is 32.2 Å². The molecule has 0 saturated carbocycles. The fourth-order valence-corrected chi connectivity index (χ4v) is 2.48. The lowest BCUT2D eigenvalue weighted by molar-refractivity contribution is 0.0941. The molecule has 1 aromatic heterocycles. The minimum Gasteiger partial charge on any atom is -0.508 e. The number of phenols is 1. The highest BCUT2D eigenvalue weighted by Crippen LogP contribution is 2.24. The number of nitrogens with zero attached hydrogens (tertiary/aromatic N) is 1. The van der Waals surface area contributed by atoms with Crippen molar-refractivity contribution in [3.8, 4) is 5.75 Å². The maximum atomic E-state index is 12.1. The molecular formula is C15H16N2O3. The van der Waals surface area contributed by atoms with Crippen molar-refractivity contribution in [3.63, 3.8) is 0 Å². The van der Waals surface area contributed by atoms with Crippen molar-refractivity contribution < 1.29 is 14.4 Å². The third-order valence-electron chi connectivity index (χ3n) is 3.60. The van der Waals surface area contributed by atoms with Gasteiger partial charge in [0.15, 0.2) is 5.69 Å². The second-order valence-corrected chi connectivity index (χ2v) is 4.95. The Morgan fingerprint density at radius 1 is 1.30 bits per heavy atom. The van der Waals surface area contributed by atoms with Crippen LogP contribution in [-0.4, -0.2) is 16.2 Å². The van der Waals surface area contributed by atoms with Crippen LogP contribution >= 0.6 is 0 Å². The number of aromatic hydroxyl groups is 1. The maximum absolute atomic E-state index is 12.1. The van der Waals surface area contributed by atoms with E-state index in [4.69, 9.17) is 4.52 Å². The Morgan fingerprint density at radius 2 is 2.10 bits per heavy atom. The summed E-state index contributed by atoms with van der Waals surface area (Å²) < 4.78 is 5.22. The summed E-state index contributed by atoms with van der Waals surface area (Å²) in [7, 11) is 0. The van der Waals surface area contributed by atoms with Crippen LogP contribution in [0.5, 0.6) is 5.75 Å². The highest BCUT2D eigenvalue weighted by atomic mass is 16.5. The van der Waals surface area contributed by atoms with Crippen LogP contribution in [0.25, 0.3) is 0 Å². The number of hydrogen-bond acceptors (Lipinski definition) is 4. The number of carbonyl (C=O) groups is 1. The zero-order valence-electron chi connectivity index (χ0n) is 11.1. The topological polar surface area (TPSA) is 75.4 Å². The summed E-state index contributed by atoms with van der Waals surface area (Å²) in [4.78, 5) is 12.1. The number of aromatic nitrogens is 1. The third-order valence-corrected chi connectivity index (χ3v) is 3.60. The fraction of sp³-hybridized carbons (Fsp3) is 0.333. The number of amides is 1. The monoisotopic (exact) mass is 272 g/mol. The summed E-state index contributed by atoms with van der Waals surface area (Å²) in [6, 6.07) is 6.93. The molecule has 0 spiro atoms. The fourth-order valence-electron chi connectivity index (χ4n) is 2.48. The van der Waals surface area contributed by atoms with Crippen LogP contribution in [0.1, 0.15) is 40.2 Å². The minimum absolute atomic E-state index is 0.176. The van der Waals surface area contributed by atoms with Crippen LogP contribution in [-0.2, 0) is 19.4 Å². The van der Waals surface area contributed by atoms with Crippen LogP contribution in [0, 0.1) is 0 Å². The first kappa shape index (κ1) is 12.7. The lowest BCUT2D eigenvalue weighted by Gasteiger charge is -2.09. The molecule has 3 rings (SSSR count). The highest BCUT2D eigenvalue weighted by Gasteiger charge is 2.23. The first-order chi connectivity index (χ1) is 9.75. The Hall–Kier alpha value is -2.30. The molecule has 2 aromatic rings. The molecule has 0 atom stereocenters. The summed E-state index contributed by atoms with van der Waals surface area (Å²) in [6.45, 7) is 0.271. The standard InChI is InChI=1S/C15H16N2O3/c18-12-7-3-1-5-10(12)9-16-15(19)14-11-6-2-4-8-13(11)20-17-14/h1,3,5,7,18H,2,4,6,8-9H2,(H,16,19). The predicted molar refractivity (Wildman–Crippen MR) is 72.4 cm³/mol. The van der Waals surface area contributed by atoms with E-state index in [2.05, 4.69) is 10.5 Å². The van der Waals surface area contributed by atoms with E-state index in [0.717, 1.165) is 37.0 Å². The average Bonchev–Trinajstić information content (AvgIpc) is 2.90. The molecule has 0 fully saturated rings. The Balaban J connectivity index is 1.71. The summed E-state index contributed by atoms with van der Waals surface area (Å²) in [5.74, 6) is 0.763. The van der Waals surface area contributed by atoms with Gasteiger partial charge in [-0.2, -0.15) is 0 Å². The van der Waals surface area contributed by atoms with E-state index in [1.165, 1.54) is 0 Å². The molecule has 1 aromatic carbocycles. The van der Waals surface area contributed by atoms with E-state index in [1.54, 1.807) is 18.2 Å². The highest BCUT2D eigenvalue weighted by molar-refractivity contribution is 5.93. The van der Waals surface area contributed by atoms with Gasteiger partial charge in [0.05, 0.1) is 0 Å². The van der Waals surface area contributed by atoms with Crippen LogP contribution < -0.4 is 5.32 Å². The smallest absolute Gasteiger partial charge is 0.274 e. The van der Waals surface area contributed by atoms with Crippen LogP contribution in [0.4, 0.5) is 0 Å². The maximum Gasteiger partial charge on any atom is 0.274 e. The van der Waals surface area contributed by atoms with Gasteiger partial charge >= 0.3 is 0 Å². The van der Waals surface area contributed by atoms with Gasteiger partial charge < -0.3 is 14.9 Å². The molecule has 20 heavy (non-hydrogen) atoms. The molecule has 0 unspecified atom stereocenters. The quantitative estimate of drug-likeness (QED) is 0.898. The van der Waals surface area contributed by atoms with Gasteiger partial charge in [0.25, 0.3) is 5.91 Å². The summed E-state index contributed by atoms with van der Waals surface area (Å²) >= 11 is 0. The van der Waals surface area contributed by atoms with Gasteiger partial charge in [-0.3, -0.25) is 4.79 Å². The number of rotatable bonds is 3. The zero-order valence-corrected chi connectivity index (χ0v) is 11.1. The van der Waals surface area contributed by atoms with Gasteiger partial charge in [-0.05, 0) is 25.3 Å². The molecule has 5 nitrogen and oxygen atoms in total. The number of carbonyl (C=O) groups excluding carboxylic acids is 1. The molecule has 1 aliphatic carbocycles. The summed E-state index contributed by atoms with van der Waals surface area (Å²) in [6.07, 6.45) is 3.85. The van der Waals surface area contributed by atoms with Gasteiger partial charge in [-0.15, -0.1) is 0 Å². The SMILES string of the molecule is O=C(NCc1ccccc1O)c1noc2c1CCCC2. The van der Waals surface area contributed by atoms with E-state index in [1.807, 2.05) is 6.07 Å². The number of fused-ring (bicyclic) bond motifs is 1.